The molecule has 0 unspecified atom stereocenters. The molecule has 0 heterocycles. The van der Waals surface area contributed by atoms with E-state index >= 15 is 0 Å². The van der Waals surface area contributed by atoms with E-state index in [0.29, 0.717) is 5.92 Å². The number of fused-ring (bicyclic) bond motifs is 1. The second-order valence-electron chi connectivity index (χ2n) is 6.78. The molecule has 0 radical (unpaired) electrons. The van der Waals surface area contributed by atoms with Crippen molar-refractivity contribution in [3.05, 3.63) is 102 Å². The average molecular weight is 375 g/mol. The van der Waals surface area contributed by atoms with Crippen LogP contribution < -0.4 is 0 Å². The van der Waals surface area contributed by atoms with Gasteiger partial charge < -0.3 is 0 Å². The Bertz CT molecular complexity index is 776. The second-order valence-corrected chi connectivity index (χ2v) is 6.78. The fraction of sp³-hybridized carbons (Fsp3) is 0.357. The summed E-state index contributed by atoms with van der Waals surface area (Å²) in [6.07, 6.45) is 10.6. The zero-order chi connectivity index (χ0) is 20.9. The minimum Gasteiger partial charge on any atom is -0.0990 e. The Kier molecular flexibility index (Phi) is 11.0. The van der Waals surface area contributed by atoms with Gasteiger partial charge in [0.2, 0.25) is 0 Å². The van der Waals surface area contributed by atoms with E-state index in [-0.39, 0.29) is 0 Å². The maximum atomic E-state index is 3.85. The van der Waals surface area contributed by atoms with Crippen LogP contribution in [0.5, 0.6) is 0 Å². The molecule has 28 heavy (non-hydrogen) atoms. The summed E-state index contributed by atoms with van der Waals surface area (Å²) in [4.78, 5) is 0. The molecule has 0 amide bonds. The predicted octanol–water partition coefficient (Wildman–Crippen LogP) is 8.60. The molecule has 0 N–H and O–H groups in total. The van der Waals surface area contributed by atoms with Gasteiger partial charge in [-0.05, 0) is 53.5 Å². The van der Waals surface area contributed by atoms with Crippen molar-refractivity contribution in [3.63, 3.8) is 0 Å². The summed E-state index contributed by atoms with van der Waals surface area (Å²) in [5, 5.41) is 0. The quantitative estimate of drug-likeness (QED) is 0.470. The van der Waals surface area contributed by atoms with Crippen molar-refractivity contribution in [1.82, 2.24) is 0 Å². The van der Waals surface area contributed by atoms with E-state index < -0.39 is 0 Å². The first-order valence-corrected chi connectivity index (χ1v) is 10.9. The van der Waals surface area contributed by atoms with Gasteiger partial charge >= 0.3 is 0 Å². The highest BCUT2D eigenvalue weighted by Crippen LogP contribution is 2.39. The monoisotopic (exact) mass is 374 g/mol. The Labute approximate surface area is 173 Å². The summed E-state index contributed by atoms with van der Waals surface area (Å²) in [5.41, 5.74) is 6.92. The summed E-state index contributed by atoms with van der Waals surface area (Å²) in [5.74, 6) is 1.23. The average Bonchev–Trinajstić information content (AvgIpc) is 2.76. The molecule has 2 atom stereocenters. The Morgan fingerprint density at radius 3 is 2.39 bits per heavy atom. The van der Waals surface area contributed by atoms with Crippen LogP contribution in [0.4, 0.5) is 0 Å². The summed E-state index contributed by atoms with van der Waals surface area (Å²) < 4.78 is 0. The minimum absolute atomic E-state index is 0.500. The number of rotatable bonds is 4. The number of benzene rings is 2. The van der Waals surface area contributed by atoms with Crippen molar-refractivity contribution in [3.8, 4) is 0 Å². The Morgan fingerprint density at radius 1 is 1.00 bits per heavy atom. The highest BCUT2D eigenvalue weighted by Gasteiger charge is 2.25. The standard InChI is InChI=1S/C24H26.2C2H6/c1-4-9-19(10-5-2)20-12-8-13-22(17-20)24-16-18(3)15-21-11-6-7-14-23(21)24;2*1-2/h4-14,17-18,24H,1,15-16H2,2-3H3;2*1-2H3/b10-5-,19-9+;;/t18-,24+;;/m0../s1. The summed E-state index contributed by atoms with van der Waals surface area (Å²) in [7, 11) is 0. The lowest BCUT2D eigenvalue weighted by Gasteiger charge is -2.30. The smallest absolute Gasteiger partial charge is 0.00949 e. The van der Waals surface area contributed by atoms with Gasteiger partial charge in [0.05, 0.1) is 0 Å². The summed E-state index contributed by atoms with van der Waals surface area (Å²) in [6, 6.07) is 18.0. The van der Waals surface area contributed by atoms with Gasteiger partial charge in [0, 0.05) is 5.92 Å². The lowest BCUT2D eigenvalue weighted by molar-refractivity contribution is 0.464. The van der Waals surface area contributed by atoms with Gasteiger partial charge in [-0.1, -0.05) is 114 Å². The van der Waals surface area contributed by atoms with E-state index in [2.05, 4.69) is 87.2 Å². The first-order chi connectivity index (χ1) is 13.7. The van der Waals surface area contributed by atoms with Crippen LogP contribution in [0.1, 0.15) is 76.1 Å². The molecule has 0 spiro atoms. The molecule has 1 aliphatic rings. The van der Waals surface area contributed by atoms with Crippen LogP contribution >= 0.6 is 0 Å². The van der Waals surface area contributed by atoms with Crippen molar-refractivity contribution in [2.45, 2.75) is 60.3 Å². The maximum absolute atomic E-state index is 3.85. The molecule has 0 bridgehead atoms. The van der Waals surface area contributed by atoms with Gasteiger partial charge in [0.25, 0.3) is 0 Å². The summed E-state index contributed by atoms with van der Waals surface area (Å²) in [6.45, 7) is 16.3. The van der Waals surface area contributed by atoms with Crippen LogP contribution in [0.25, 0.3) is 5.57 Å². The van der Waals surface area contributed by atoms with Crippen molar-refractivity contribution in [2.24, 2.45) is 5.92 Å². The molecule has 2 aromatic carbocycles. The number of allylic oxidation sites excluding steroid dienone is 5. The molecule has 0 saturated carbocycles. The highest BCUT2D eigenvalue weighted by atomic mass is 14.3. The molecule has 0 heteroatoms. The Balaban J connectivity index is 0.000000921. The van der Waals surface area contributed by atoms with Crippen LogP contribution in [0.3, 0.4) is 0 Å². The molecule has 0 saturated heterocycles. The van der Waals surface area contributed by atoms with Gasteiger partial charge in [-0.15, -0.1) is 0 Å². The molecule has 1 aliphatic carbocycles. The fourth-order valence-corrected chi connectivity index (χ4v) is 3.85. The molecule has 0 fully saturated rings. The van der Waals surface area contributed by atoms with Crippen molar-refractivity contribution >= 4 is 5.57 Å². The van der Waals surface area contributed by atoms with Gasteiger partial charge in [-0.2, -0.15) is 0 Å². The topological polar surface area (TPSA) is 0 Å². The molecule has 150 valence electrons. The zero-order valence-electron chi connectivity index (χ0n) is 18.7. The SMILES string of the molecule is C=C/C=C(\C=C/C)c1cccc([C@H]2C[C@@H](C)Cc3ccccc32)c1.CC.CC. The van der Waals surface area contributed by atoms with Crippen LogP contribution in [0.2, 0.25) is 0 Å². The van der Waals surface area contributed by atoms with E-state index in [0.717, 1.165) is 5.92 Å². The zero-order valence-corrected chi connectivity index (χ0v) is 18.7. The Morgan fingerprint density at radius 2 is 1.71 bits per heavy atom. The molecule has 3 rings (SSSR count). The van der Waals surface area contributed by atoms with Gasteiger partial charge in [-0.25, -0.2) is 0 Å². The third-order valence-electron chi connectivity index (χ3n) is 4.90. The largest absolute Gasteiger partial charge is 0.0990 e. The van der Waals surface area contributed by atoms with Crippen LogP contribution in [-0.4, -0.2) is 0 Å². The highest BCUT2D eigenvalue weighted by molar-refractivity contribution is 5.75. The Hall–Kier alpha value is -2.34. The van der Waals surface area contributed by atoms with Crippen LogP contribution in [0, 0.1) is 5.92 Å². The van der Waals surface area contributed by atoms with E-state index in [4.69, 9.17) is 0 Å². The van der Waals surface area contributed by atoms with Gasteiger partial charge in [0.1, 0.15) is 0 Å². The first kappa shape index (κ1) is 23.7. The van der Waals surface area contributed by atoms with Crippen molar-refractivity contribution < 1.29 is 0 Å². The first-order valence-electron chi connectivity index (χ1n) is 10.9. The molecule has 0 aliphatic heterocycles. The van der Waals surface area contributed by atoms with E-state index in [1.54, 1.807) is 0 Å². The van der Waals surface area contributed by atoms with Crippen LogP contribution in [0.15, 0.2) is 79.4 Å². The van der Waals surface area contributed by atoms with Gasteiger partial charge in [0.15, 0.2) is 0 Å². The lowest BCUT2D eigenvalue weighted by atomic mass is 9.74. The van der Waals surface area contributed by atoms with E-state index in [1.807, 2.05) is 33.8 Å². The molecule has 0 nitrogen and oxygen atoms in total. The minimum atomic E-state index is 0.500. The molecule has 2 aromatic rings. The number of hydrogen-bond donors (Lipinski definition) is 0. The molecular formula is C28H38. The third-order valence-corrected chi connectivity index (χ3v) is 4.90. The fourth-order valence-electron chi connectivity index (χ4n) is 3.85. The van der Waals surface area contributed by atoms with Gasteiger partial charge in [-0.3, -0.25) is 0 Å². The van der Waals surface area contributed by atoms with E-state index in [1.165, 1.54) is 40.7 Å². The molecule has 0 aromatic heterocycles. The van der Waals surface area contributed by atoms with Crippen molar-refractivity contribution in [1.29, 1.82) is 0 Å². The number of hydrogen-bond acceptors (Lipinski definition) is 0. The van der Waals surface area contributed by atoms with Crippen LogP contribution in [-0.2, 0) is 6.42 Å². The maximum Gasteiger partial charge on any atom is 0.00949 e. The van der Waals surface area contributed by atoms with Crippen molar-refractivity contribution in [2.75, 3.05) is 0 Å². The second kappa shape index (κ2) is 12.9. The lowest BCUT2D eigenvalue weighted by Crippen LogP contribution is -2.17. The van der Waals surface area contributed by atoms with E-state index in [9.17, 15) is 0 Å². The normalized spacial score (nSPS) is 18.3. The third kappa shape index (κ3) is 6.09. The predicted molar refractivity (Wildman–Crippen MR) is 128 cm³/mol. The summed E-state index contributed by atoms with van der Waals surface area (Å²) >= 11 is 0. The molecular weight excluding hydrogens is 336 g/mol.